The fraction of sp³-hybridized carbons (Fsp3) is 0.467. The number of Topliss-reactive ketones (excluding diaryl/α,β-unsaturated/α-hetero) is 1. The van der Waals surface area contributed by atoms with Gasteiger partial charge in [0.15, 0.2) is 11.6 Å². The standard InChI is InChI=1S/C30H37N7O2/c1-3-5-12-23-20-37(28-22(4-2)11-7-6-8-15-27(28)38)30(39)36(23)19-21-16-17-26(31-18-21)24-13-9-10-14-25(24)29-32-34-35-33-29/h9-10,13-14,16-18,20,22,28H,3-8,11-12,15,19H2,1-2H3,(H,32,33,34,35). The van der Waals surface area contributed by atoms with Crippen LogP contribution in [0.25, 0.3) is 22.6 Å². The van der Waals surface area contributed by atoms with Crippen molar-refractivity contribution >= 4 is 5.78 Å². The van der Waals surface area contributed by atoms with E-state index in [-0.39, 0.29) is 23.4 Å². The van der Waals surface area contributed by atoms with Crippen molar-refractivity contribution in [2.45, 2.75) is 84.2 Å². The lowest BCUT2D eigenvalue weighted by molar-refractivity contribution is -0.124. The molecule has 9 heteroatoms. The van der Waals surface area contributed by atoms with Crippen LogP contribution in [0.15, 0.2) is 53.6 Å². The second kappa shape index (κ2) is 12.3. The molecule has 0 amide bonds. The van der Waals surface area contributed by atoms with E-state index in [1.54, 1.807) is 4.57 Å². The highest BCUT2D eigenvalue weighted by Crippen LogP contribution is 2.32. The number of hydrogen-bond donors (Lipinski definition) is 1. The van der Waals surface area contributed by atoms with Gasteiger partial charge in [-0.1, -0.05) is 69.9 Å². The van der Waals surface area contributed by atoms with Gasteiger partial charge >= 0.3 is 5.69 Å². The molecule has 4 aromatic rings. The smallest absolute Gasteiger partial charge is 0.297 e. The maximum Gasteiger partial charge on any atom is 0.329 e. The first-order valence-electron chi connectivity index (χ1n) is 14.2. The molecule has 1 aromatic carbocycles. The van der Waals surface area contributed by atoms with Crippen LogP contribution >= 0.6 is 0 Å². The van der Waals surface area contributed by atoms with Gasteiger partial charge in [-0.2, -0.15) is 0 Å². The third kappa shape index (κ3) is 5.77. The molecule has 5 rings (SSSR count). The average molecular weight is 528 g/mol. The summed E-state index contributed by atoms with van der Waals surface area (Å²) in [6.45, 7) is 4.71. The molecule has 0 aliphatic heterocycles. The van der Waals surface area contributed by atoms with E-state index in [1.807, 2.05) is 53.4 Å². The van der Waals surface area contributed by atoms with E-state index < -0.39 is 0 Å². The van der Waals surface area contributed by atoms with Crippen molar-refractivity contribution in [3.05, 3.63) is 70.5 Å². The number of pyridine rings is 1. The minimum absolute atomic E-state index is 0.0919. The Labute approximate surface area is 228 Å². The van der Waals surface area contributed by atoms with Crippen LogP contribution in [0.4, 0.5) is 0 Å². The molecule has 3 heterocycles. The van der Waals surface area contributed by atoms with Gasteiger partial charge in [0.25, 0.3) is 0 Å². The minimum Gasteiger partial charge on any atom is -0.297 e. The predicted molar refractivity (Wildman–Crippen MR) is 150 cm³/mol. The number of benzene rings is 1. The number of aromatic amines is 1. The van der Waals surface area contributed by atoms with Crippen molar-refractivity contribution < 1.29 is 4.79 Å². The van der Waals surface area contributed by atoms with E-state index in [1.165, 1.54) is 0 Å². The molecule has 1 N–H and O–H groups in total. The molecule has 0 spiro atoms. The summed E-state index contributed by atoms with van der Waals surface area (Å²) in [6, 6.07) is 11.5. The van der Waals surface area contributed by atoms with E-state index in [4.69, 9.17) is 4.98 Å². The molecule has 9 nitrogen and oxygen atoms in total. The lowest BCUT2D eigenvalue weighted by Gasteiger charge is -2.28. The average Bonchev–Trinajstić information content (AvgIpc) is 3.59. The summed E-state index contributed by atoms with van der Waals surface area (Å²) in [6.07, 6.45) is 12.2. The largest absolute Gasteiger partial charge is 0.329 e. The highest BCUT2D eigenvalue weighted by atomic mass is 16.2. The van der Waals surface area contributed by atoms with Crippen LogP contribution in [0.5, 0.6) is 0 Å². The Morgan fingerprint density at radius 1 is 1.03 bits per heavy atom. The van der Waals surface area contributed by atoms with Crippen molar-refractivity contribution in [3.63, 3.8) is 0 Å². The quantitative estimate of drug-likeness (QED) is 0.313. The maximum absolute atomic E-state index is 13.9. The summed E-state index contributed by atoms with van der Waals surface area (Å²) in [5.41, 5.74) is 4.42. The Hall–Kier alpha value is -3.88. The van der Waals surface area contributed by atoms with Gasteiger partial charge in [-0.3, -0.25) is 18.9 Å². The van der Waals surface area contributed by atoms with Gasteiger partial charge in [0.1, 0.15) is 0 Å². The number of unbranched alkanes of at least 4 members (excludes halogenated alkanes) is 1. The number of ketones is 1. The molecule has 1 fully saturated rings. The predicted octanol–water partition coefficient (Wildman–Crippen LogP) is 5.38. The van der Waals surface area contributed by atoms with Crippen LogP contribution in [0.3, 0.4) is 0 Å². The van der Waals surface area contributed by atoms with E-state index in [0.29, 0.717) is 18.8 Å². The number of hydrogen-bond acceptors (Lipinski definition) is 6. The molecule has 1 aliphatic rings. The second-order valence-corrected chi connectivity index (χ2v) is 10.5. The van der Waals surface area contributed by atoms with Gasteiger partial charge in [-0.25, -0.2) is 9.89 Å². The molecule has 2 atom stereocenters. The van der Waals surface area contributed by atoms with Crippen LogP contribution in [0.1, 0.15) is 82.5 Å². The molecular weight excluding hydrogens is 490 g/mol. The van der Waals surface area contributed by atoms with Gasteiger partial charge < -0.3 is 0 Å². The van der Waals surface area contributed by atoms with Crippen molar-refractivity contribution in [1.29, 1.82) is 0 Å². The lowest BCUT2D eigenvalue weighted by atomic mass is 9.84. The molecule has 204 valence electrons. The molecule has 0 saturated heterocycles. The summed E-state index contributed by atoms with van der Waals surface area (Å²) in [4.78, 5) is 31.9. The normalized spacial score (nSPS) is 18.2. The summed E-state index contributed by atoms with van der Waals surface area (Å²) < 4.78 is 3.61. The molecule has 0 radical (unpaired) electrons. The number of carbonyl (C=O) groups is 1. The first-order valence-corrected chi connectivity index (χ1v) is 14.2. The molecular formula is C30H37N7O2. The van der Waals surface area contributed by atoms with Crippen molar-refractivity contribution in [2.75, 3.05) is 0 Å². The topological polar surface area (TPSA) is 111 Å². The molecule has 1 aliphatic carbocycles. The Morgan fingerprint density at radius 2 is 1.87 bits per heavy atom. The van der Waals surface area contributed by atoms with E-state index in [0.717, 1.165) is 79.4 Å². The van der Waals surface area contributed by atoms with Crippen LogP contribution in [0, 0.1) is 5.92 Å². The summed E-state index contributed by atoms with van der Waals surface area (Å²) in [5.74, 6) is 0.986. The highest BCUT2D eigenvalue weighted by Gasteiger charge is 2.32. The number of aromatic nitrogens is 7. The molecule has 39 heavy (non-hydrogen) atoms. The fourth-order valence-electron chi connectivity index (χ4n) is 5.78. The zero-order valence-corrected chi connectivity index (χ0v) is 22.8. The van der Waals surface area contributed by atoms with E-state index >= 15 is 0 Å². The number of nitrogens with zero attached hydrogens (tertiary/aromatic N) is 6. The van der Waals surface area contributed by atoms with Crippen LogP contribution in [-0.2, 0) is 17.8 Å². The molecule has 1 saturated carbocycles. The maximum atomic E-state index is 13.9. The summed E-state index contributed by atoms with van der Waals surface area (Å²) in [7, 11) is 0. The number of imidazole rings is 1. The van der Waals surface area contributed by atoms with Crippen LogP contribution in [0.2, 0.25) is 0 Å². The first-order chi connectivity index (χ1) is 19.1. The number of aryl methyl sites for hydroxylation is 1. The Balaban J connectivity index is 1.46. The SMILES string of the molecule is CCCCc1cn(C2C(=O)CCCCCC2CC)c(=O)n1Cc1ccc(-c2ccccc2-c2nnn[nH]2)nc1. The third-order valence-corrected chi connectivity index (χ3v) is 7.94. The van der Waals surface area contributed by atoms with Gasteiger partial charge in [0, 0.05) is 35.6 Å². The number of carbonyl (C=O) groups excluding carboxylic acids is 1. The Bertz CT molecular complexity index is 1440. The van der Waals surface area contributed by atoms with Crippen molar-refractivity contribution in [3.8, 4) is 22.6 Å². The number of rotatable bonds is 9. The molecule has 0 bridgehead atoms. The Kier molecular flexibility index (Phi) is 8.44. The van der Waals surface area contributed by atoms with Crippen molar-refractivity contribution in [2.24, 2.45) is 5.92 Å². The minimum atomic E-state index is -0.369. The zero-order valence-electron chi connectivity index (χ0n) is 22.8. The third-order valence-electron chi connectivity index (χ3n) is 7.94. The molecule has 3 aromatic heterocycles. The monoisotopic (exact) mass is 527 g/mol. The fourth-order valence-corrected chi connectivity index (χ4v) is 5.78. The number of nitrogens with one attached hydrogen (secondary N) is 1. The number of tetrazole rings is 1. The van der Waals surface area contributed by atoms with Crippen LogP contribution < -0.4 is 5.69 Å². The van der Waals surface area contributed by atoms with Crippen molar-refractivity contribution in [1.82, 2.24) is 34.7 Å². The van der Waals surface area contributed by atoms with Gasteiger partial charge in [-0.05, 0) is 53.7 Å². The van der Waals surface area contributed by atoms with E-state index in [9.17, 15) is 9.59 Å². The summed E-state index contributed by atoms with van der Waals surface area (Å²) >= 11 is 0. The lowest BCUT2D eigenvalue weighted by Crippen LogP contribution is -2.36. The van der Waals surface area contributed by atoms with Gasteiger partial charge in [0.2, 0.25) is 0 Å². The van der Waals surface area contributed by atoms with Crippen LogP contribution in [-0.4, -0.2) is 40.5 Å². The van der Waals surface area contributed by atoms with Gasteiger partial charge in [-0.15, -0.1) is 5.10 Å². The highest BCUT2D eigenvalue weighted by molar-refractivity contribution is 5.83. The molecule has 2 unspecified atom stereocenters. The second-order valence-electron chi connectivity index (χ2n) is 10.5. The number of H-pyrrole nitrogens is 1. The summed E-state index contributed by atoms with van der Waals surface area (Å²) in [5, 5.41) is 14.3. The Morgan fingerprint density at radius 3 is 2.59 bits per heavy atom. The van der Waals surface area contributed by atoms with Gasteiger partial charge in [0.05, 0.1) is 18.3 Å². The zero-order chi connectivity index (χ0) is 27.2. The van der Waals surface area contributed by atoms with E-state index in [2.05, 4.69) is 34.5 Å². The first kappa shape index (κ1) is 26.7.